The van der Waals surface area contributed by atoms with Gasteiger partial charge in [0.15, 0.2) is 0 Å². The molecule has 1 atom stereocenters. The van der Waals surface area contributed by atoms with Crippen LogP contribution in [0.15, 0.2) is 22.9 Å². The van der Waals surface area contributed by atoms with Gasteiger partial charge in [-0.15, -0.1) is 0 Å². The number of halogens is 1. The van der Waals surface area contributed by atoms with E-state index in [-0.39, 0.29) is 5.41 Å². The molecule has 0 amide bonds. The molecule has 0 spiro atoms. The monoisotopic (exact) mass is 281 g/mol. The van der Waals surface area contributed by atoms with Gasteiger partial charge in [0.2, 0.25) is 11.7 Å². The molecule has 2 rings (SSSR count). The summed E-state index contributed by atoms with van der Waals surface area (Å²) in [5.74, 6) is 0.709. The first kappa shape index (κ1) is 14.0. The van der Waals surface area contributed by atoms with Gasteiger partial charge in [-0.05, 0) is 17.5 Å². The molecule has 102 valence electrons. The lowest BCUT2D eigenvalue weighted by Gasteiger charge is -2.24. The number of aliphatic hydroxyl groups is 1. The molecule has 0 saturated heterocycles. The molecule has 0 aromatic carbocycles. The van der Waals surface area contributed by atoms with Crippen molar-refractivity contribution >= 4 is 11.6 Å². The van der Waals surface area contributed by atoms with Gasteiger partial charge in [0.25, 0.3) is 0 Å². The van der Waals surface area contributed by atoms with Crippen LogP contribution in [0.5, 0.6) is 0 Å². The van der Waals surface area contributed by atoms with Gasteiger partial charge < -0.3 is 9.63 Å². The van der Waals surface area contributed by atoms with Gasteiger partial charge in [0.1, 0.15) is 5.69 Å². The molecule has 0 fully saturated rings. The second-order valence-electron chi connectivity index (χ2n) is 5.43. The summed E-state index contributed by atoms with van der Waals surface area (Å²) in [5.41, 5.74) is 0.237. The van der Waals surface area contributed by atoms with Crippen LogP contribution in [-0.4, -0.2) is 26.3 Å². The fourth-order valence-electron chi connectivity index (χ4n) is 1.46. The maximum absolute atomic E-state index is 10.0. The van der Waals surface area contributed by atoms with Crippen LogP contribution in [0.25, 0.3) is 11.5 Å². The molecule has 2 heterocycles. The van der Waals surface area contributed by atoms with E-state index in [0.717, 1.165) is 0 Å². The molecule has 0 radical (unpaired) electrons. The number of aromatic nitrogens is 3. The van der Waals surface area contributed by atoms with Crippen LogP contribution >= 0.6 is 11.6 Å². The molecule has 0 aliphatic carbocycles. The summed E-state index contributed by atoms with van der Waals surface area (Å²) in [6.45, 7) is 5.85. The fourth-order valence-corrected chi connectivity index (χ4v) is 1.66. The van der Waals surface area contributed by atoms with Crippen molar-refractivity contribution in [3.8, 4) is 11.5 Å². The molecule has 5 nitrogen and oxygen atoms in total. The molecular weight excluding hydrogens is 266 g/mol. The molecule has 19 heavy (non-hydrogen) atoms. The second kappa shape index (κ2) is 5.27. The van der Waals surface area contributed by atoms with Crippen molar-refractivity contribution in [2.45, 2.75) is 33.3 Å². The topological polar surface area (TPSA) is 72.0 Å². The molecule has 2 aromatic rings. The predicted molar refractivity (Wildman–Crippen MR) is 71.7 cm³/mol. The number of hydrogen-bond acceptors (Lipinski definition) is 5. The Morgan fingerprint density at radius 2 is 2.16 bits per heavy atom. The zero-order valence-electron chi connectivity index (χ0n) is 11.1. The largest absolute Gasteiger partial charge is 0.392 e. The van der Waals surface area contributed by atoms with Crippen molar-refractivity contribution in [2.24, 2.45) is 5.41 Å². The average molecular weight is 282 g/mol. The molecular formula is C13H16ClN3O2. The molecule has 0 saturated carbocycles. The Hall–Kier alpha value is -1.46. The third kappa shape index (κ3) is 3.30. The van der Waals surface area contributed by atoms with E-state index in [0.29, 0.717) is 28.9 Å². The van der Waals surface area contributed by atoms with Crippen LogP contribution in [0.2, 0.25) is 5.02 Å². The maximum atomic E-state index is 10.0. The Morgan fingerprint density at radius 1 is 1.42 bits per heavy atom. The predicted octanol–water partition coefficient (Wildman–Crippen LogP) is 2.73. The SMILES string of the molecule is CC(C)(C)C(O)Cc1nc(-c2ncccc2Cl)no1. The van der Waals surface area contributed by atoms with Crippen molar-refractivity contribution in [1.29, 1.82) is 0 Å². The smallest absolute Gasteiger partial charge is 0.229 e. The van der Waals surface area contributed by atoms with Crippen molar-refractivity contribution in [3.63, 3.8) is 0 Å². The Labute approximate surface area is 116 Å². The van der Waals surface area contributed by atoms with E-state index >= 15 is 0 Å². The van der Waals surface area contributed by atoms with Crippen LogP contribution in [0, 0.1) is 5.41 Å². The van der Waals surface area contributed by atoms with E-state index in [9.17, 15) is 5.11 Å². The number of nitrogens with zero attached hydrogens (tertiary/aromatic N) is 3. The Balaban J connectivity index is 2.19. The maximum Gasteiger partial charge on any atom is 0.229 e. The molecule has 0 bridgehead atoms. The minimum atomic E-state index is -0.556. The molecule has 0 aliphatic heterocycles. The highest BCUT2D eigenvalue weighted by atomic mass is 35.5. The first-order valence-corrected chi connectivity index (χ1v) is 6.37. The zero-order chi connectivity index (χ0) is 14.0. The van der Waals surface area contributed by atoms with Crippen LogP contribution in [0.3, 0.4) is 0 Å². The molecule has 0 aliphatic rings. The normalized spacial score (nSPS) is 13.5. The number of aliphatic hydroxyl groups excluding tert-OH is 1. The lowest BCUT2D eigenvalue weighted by Crippen LogP contribution is -2.28. The second-order valence-corrected chi connectivity index (χ2v) is 5.84. The number of pyridine rings is 1. The Morgan fingerprint density at radius 3 is 2.79 bits per heavy atom. The van der Waals surface area contributed by atoms with Gasteiger partial charge in [0, 0.05) is 6.20 Å². The van der Waals surface area contributed by atoms with Gasteiger partial charge in [-0.3, -0.25) is 4.98 Å². The number of rotatable bonds is 3. The number of hydrogen-bond donors (Lipinski definition) is 1. The van der Waals surface area contributed by atoms with E-state index in [1.54, 1.807) is 18.3 Å². The third-order valence-corrected chi connectivity index (χ3v) is 3.11. The van der Waals surface area contributed by atoms with Crippen LogP contribution < -0.4 is 0 Å². The minimum Gasteiger partial charge on any atom is -0.392 e. The van der Waals surface area contributed by atoms with Crippen molar-refractivity contribution in [1.82, 2.24) is 15.1 Å². The summed E-state index contributed by atoms with van der Waals surface area (Å²) in [4.78, 5) is 8.32. The summed E-state index contributed by atoms with van der Waals surface area (Å²) in [7, 11) is 0. The lowest BCUT2D eigenvalue weighted by molar-refractivity contribution is 0.0565. The third-order valence-electron chi connectivity index (χ3n) is 2.81. The molecule has 6 heteroatoms. The standard InChI is InChI=1S/C13H16ClN3O2/c1-13(2,3)9(18)7-10-16-12(17-19-10)11-8(14)5-4-6-15-11/h4-6,9,18H,7H2,1-3H3. The highest BCUT2D eigenvalue weighted by Crippen LogP contribution is 2.25. The van der Waals surface area contributed by atoms with E-state index in [1.807, 2.05) is 20.8 Å². The lowest BCUT2D eigenvalue weighted by atomic mass is 9.87. The molecule has 1 unspecified atom stereocenters. The summed E-state index contributed by atoms with van der Waals surface area (Å²) >= 11 is 6.01. The van der Waals surface area contributed by atoms with Gasteiger partial charge >= 0.3 is 0 Å². The first-order chi connectivity index (χ1) is 8.88. The Bertz CT molecular complexity index is 563. The van der Waals surface area contributed by atoms with Crippen molar-refractivity contribution in [3.05, 3.63) is 29.2 Å². The van der Waals surface area contributed by atoms with Crippen LogP contribution in [-0.2, 0) is 6.42 Å². The summed E-state index contributed by atoms with van der Waals surface area (Å²) in [6, 6.07) is 3.44. The van der Waals surface area contributed by atoms with Gasteiger partial charge in [-0.1, -0.05) is 37.5 Å². The fraction of sp³-hybridized carbons (Fsp3) is 0.462. The van der Waals surface area contributed by atoms with Gasteiger partial charge in [0.05, 0.1) is 17.5 Å². The van der Waals surface area contributed by atoms with Crippen molar-refractivity contribution in [2.75, 3.05) is 0 Å². The van der Waals surface area contributed by atoms with E-state index in [4.69, 9.17) is 16.1 Å². The molecule has 1 N–H and O–H groups in total. The summed E-state index contributed by atoms with van der Waals surface area (Å²) < 4.78 is 5.12. The van der Waals surface area contributed by atoms with E-state index in [1.165, 1.54) is 0 Å². The summed E-state index contributed by atoms with van der Waals surface area (Å²) in [5, 5.41) is 14.3. The zero-order valence-corrected chi connectivity index (χ0v) is 11.8. The highest BCUT2D eigenvalue weighted by molar-refractivity contribution is 6.32. The summed E-state index contributed by atoms with van der Waals surface area (Å²) in [6.07, 6.45) is 1.36. The highest BCUT2D eigenvalue weighted by Gasteiger charge is 2.25. The van der Waals surface area contributed by atoms with Gasteiger partial charge in [-0.25, -0.2) is 0 Å². The van der Waals surface area contributed by atoms with Crippen LogP contribution in [0.4, 0.5) is 0 Å². The van der Waals surface area contributed by atoms with Crippen LogP contribution in [0.1, 0.15) is 26.7 Å². The van der Waals surface area contributed by atoms with E-state index < -0.39 is 6.10 Å². The minimum absolute atomic E-state index is 0.239. The first-order valence-electron chi connectivity index (χ1n) is 5.99. The Kier molecular flexibility index (Phi) is 3.87. The molecule has 2 aromatic heterocycles. The quantitative estimate of drug-likeness (QED) is 0.936. The van der Waals surface area contributed by atoms with Gasteiger partial charge in [-0.2, -0.15) is 4.98 Å². The van der Waals surface area contributed by atoms with Crippen molar-refractivity contribution < 1.29 is 9.63 Å². The van der Waals surface area contributed by atoms with E-state index in [2.05, 4.69) is 15.1 Å². The average Bonchev–Trinajstić information content (AvgIpc) is 2.76.